The van der Waals surface area contributed by atoms with Gasteiger partial charge in [0.15, 0.2) is 11.0 Å². The zero-order valence-corrected chi connectivity index (χ0v) is 26.2. The van der Waals surface area contributed by atoms with Gasteiger partial charge in [-0.2, -0.15) is 0 Å². The fraction of sp³-hybridized carbons (Fsp3) is 0.594. The Morgan fingerprint density at radius 2 is 1.84 bits per heavy atom. The van der Waals surface area contributed by atoms with Crippen molar-refractivity contribution in [3.05, 3.63) is 57.6 Å². The van der Waals surface area contributed by atoms with E-state index in [-0.39, 0.29) is 40.6 Å². The molecule has 2 amide bonds. The number of halogens is 3. The Labute approximate surface area is 261 Å². The quantitative estimate of drug-likeness (QED) is 0.335. The average Bonchev–Trinajstić information content (AvgIpc) is 3.44. The van der Waals surface area contributed by atoms with Crippen LogP contribution in [-0.4, -0.2) is 58.8 Å². The molecule has 2 aliphatic heterocycles. The number of fused-ring (bicyclic) bond motifs is 3. The molecule has 0 radical (unpaired) electrons. The largest absolute Gasteiger partial charge is 0.393 e. The van der Waals surface area contributed by atoms with Crippen molar-refractivity contribution in [2.24, 2.45) is 5.41 Å². The van der Waals surface area contributed by atoms with Crippen LogP contribution in [0.1, 0.15) is 82.3 Å². The lowest BCUT2D eigenvalue weighted by molar-refractivity contribution is -0.125. The molecule has 2 saturated carbocycles. The highest BCUT2D eigenvalue weighted by molar-refractivity contribution is 6.31. The summed E-state index contributed by atoms with van der Waals surface area (Å²) in [6, 6.07) is 5.75. The highest BCUT2D eigenvalue weighted by Gasteiger charge is 2.73. The van der Waals surface area contributed by atoms with E-state index in [1.807, 2.05) is 6.07 Å². The number of amides is 2. The number of carbonyl (C=O) groups is 2. The third kappa shape index (κ3) is 4.78. The molecule has 2 aliphatic carbocycles. The highest BCUT2D eigenvalue weighted by atomic mass is 35.5. The molecule has 8 nitrogen and oxygen atoms in total. The van der Waals surface area contributed by atoms with Gasteiger partial charge < -0.3 is 20.5 Å². The van der Waals surface area contributed by atoms with E-state index in [4.69, 9.17) is 27.9 Å². The van der Waals surface area contributed by atoms with Gasteiger partial charge in [-0.05, 0) is 86.1 Å². The first kappa shape index (κ1) is 30.7. The third-order valence-electron chi connectivity index (χ3n) is 10.9. The van der Waals surface area contributed by atoms with Crippen LogP contribution < -0.4 is 16.0 Å². The number of aliphatic hydroxyl groups excluding tert-OH is 1. The van der Waals surface area contributed by atoms with E-state index >= 15 is 4.39 Å². The van der Waals surface area contributed by atoms with E-state index in [2.05, 4.69) is 34.8 Å². The number of hydrogen-bond acceptors (Lipinski definition) is 6. The van der Waals surface area contributed by atoms with Gasteiger partial charge in [-0.15, -0.1) is 0 Å². The van der Waals surface area contributed by atoms with E-state index < -0.39 is 34.3 Å². The fourth-order valence-corrected chi connectivity index (χ4v) is 8.67. The molecule has 0 bridgehead atoms. The molecule has 11 heteroatoms. The summed E-state index contributed by atoms with van der Waals surface area (Å²) >= 11 is 12.6. The Hall–Kier alpha value is -2.30. The second-order valence-corrected chi connectivity index (χ2v) is 14.4. The van der Waals surface area contributed by atoms with Crippen LogP contribution in [0.2, 0.25) is 10.2 Å². The third-order valence-corrected chi connectivity index (χ3v) is 11.4. The van der Waals surface area contributed by atoms with Gasteiger partial charge in [0.2, 0.25) is 11.8 Å². The molecule has 1 aromatic heterocycles. The Morgan fingerprint density at radius 1 is 1.14 bits per heavy atom. The molecule has 2 spiro atoms. The molecule has 232 valence electrons. The van der Waals surface area contributed by atoms with Crippen molar-refractivity contribution in [1.29, 1.82) is 0 Å². The van der Waals surface area contributed by atoms with Crippen LogP contribution in [0.4, 0.5) is 10.1 Å². The smallest absolute Gasteiger partial charge is 0.238 e. The number of rotatable bonds is 5. The topological polar surface area (TPSA) is 113 Å². The molecule has 3 fully saturated rings. The minimum Gasteiger partial charge on any atom is -0.393 e. The number of aromatic nitrogens is 1. The predicted octanol–water partition coefficient (Wildman–Crippen LogP) is 5.25. The molecule has 4 aliphatic rings. The van der Waals surface area contributed by atoms with Gasteiger partial charge in [-0.25, -0.2) is 9.37 Å². The van der Waals surface area contributed by atoms with E-state index in [0.29, 0.717) is 54.8 Å². The lowest BCUT2D eigenvalue weighted by Crippen LogP contribution is -2.61. The molecule has 4 N–H and O–H groups in total. The summed E-state index contributed by atoms with van der Waals surface area (Å²) in [6.07, 6.45) is 6.75. The van der Waals surface area contributed by atoms with Crippen LogP contribution in [0.5, 0.6) is 0 Å². The lowest BCUT2D eigenvalue weighted by Gasteiger charge is -2.50. The molecule has 0 unspecified atom stereocenters. The number of ether oxygens (including phenoxy) is 1. The van der Waals surface area contributed by atoms with Crippen LogP contribution in [0, 0.1) is 11.2 Å². The zero-order chi connectivity index (χ0) is 30.8. The maximum absolute atomic E-state index is 16.1. The summed E-state index contributed by atoms with van der Waals surface area (Å²) < 4.78 is 21.7. The van der Waals surface area contributed by atoms with Crippen molar-refractivity contribution in [3.8, 4) is 0 Å². The minimum absolute atomic E-state index is 0.0513. The number of nitrogens with zero attached hydrogens (tertiary/aromatic N) is 1. The molecule has 3 heterocycles. The van der Waals surface area contributed by atoms with Gasteiger partial charge in [0.25, 0.3) is 0 Å². The Bertz CT molecular complexity index is 1430. The highest BCUT2D eigenvalue weighted by Crippen LogP contribution is 2.64. The SMILES string of the molecule is COC1(CO)CCC(NC(=O)[C@@H]2NC3(CCC(C)(C)CC3)[C@@]3(C(=O)Nc4cc(Cl)ccc43)[C@H]2c2ccnc(Cl)c2F)CC1. The number of benzene rings is 1. The van der Waals surface area contributed by atoms with Gasteiger partial charge in [0.05, 0.1) is 18.2 Å². The summed E-state index contributed by atoms with van der Waals surface area (Å²) in [5, 5.41) is 20.0. The van der Waals surface area contributed by atoms with Gasteiger partial charge >= 0.3 is 0 Å². The zero-order valence-electron chi connectivity index (χ0n) is 24.7. The summed E-state index contributed by atoms with van der Waals surface area (Å²) in [7, 11) is 1.60. The lowest BCUT2D eigenvalue weighted by atomic mass is 9.53. The number of methoxy groups -OCH3 is 1. The van der Waals surface area contributed by atoms with Crippen molar-refractivity contribution >= 4 is 40.7 Å². The average molecular weight is 634 g/mol. The minimum atomic E-state index is -1.31. The molecular weight excluding hydrogens is 594 g/mol. The summed E-state index contributed by atoms with van der Waals surface area (Å²) in [4.78, 5) is 32.9. The van der Waals surface area contributed by atoms with E-state index in [0.717, 1.165) is 12.8 Å². The second-order valence-electron chi connectivity index (χ2n) is 13.6. The molecule has 1 saturated heterocycles. The number of aliphatic hydroxyl groups is 1. The molecule has 1 aromatic carbocycles. The van der Waals surface area contributed by atoms with Crippen molar-refractivity contribution in [2.45, 2.75) is 99.8 Å². The van der Waals surface area contributed by atoms with Crippen LogP contribution in [0.25, 0.3) is 0 Å². The number of hydrogen-bond donors (Lipinski definition) is 4. The van der Waals surface area contributed by atoms with Gasteiger partial charge in [-0.1, -0.05) is 43.1 Å². The number of carbonyl (C=O) groups excluding carboxylic acids is 2. The summed E-state index contributed by atoms with van der Waals surface area (Å²) in [6.45, 7) is 4.34. The predicted molar refractivity (Wildman–Crippen MR) is 163 cm³/mol. The number of pyridine rings is 1. The Kier molecular flexibility index (Phi) is 7.82. The normalized spacial score (nSPS) is 32.5. The van der Waals surface area contributed by atoms with Crippen LogP contribution >= 0.6 is 23.2 Å². The number of anilines is 1. The van der Waals surface area contributed by atoms with E-state index in [9.17, 15) is 14.7 Å². The molecule has 6 rings (SSSR count). The first-order chi connectivity index (χ1) is 20.4. The van der Waals surface area contributed by atoms with Crippen molar-refractivity contribution in [3.63, 3.8) is 0 Å². The monoisotopic (exact) mass is 632 g/mol. The van der Waals surface area contributed by atoms with Gasteiger partial charge in [0.1, 0.15) is 5.41 Å². The van der Waals surface area contributed by atoms with E-state index in [1.54, 1.807) is 19.2 Å². The first-order valence-electron chi connectivity index (χ1n) is 15.1. The van der Waals surface area contributed by atoms with Crippen molar-refractivity contribution in [2.75, 3.05) is 19.0 Å². The van der Waals surface area contributed by atoms with Gasteiger partial charge in [-0.3, -0.25) is 14.9 Å². The van der Waals surface area contributed by atoms with Gasteiger partial charge in [0, 0.05) is 41.5 Å². The Balaban J connectivity index is 1.48. The van der Waals surface area contributed by atoms with Crippen LogP contribution in [0.15, 0.2) is 30.5 Å². The fourth-order valence-electron chi connectivity index (χ4n) is 8.33. The van der Waals surface area contributed by atoms with Crippen molar-refractivity contribution in [1.82, 2.24) is 15.6 Å². The van der Waals surface area contributed by atoms with E-state index in [1.165, 1.54) is 12.3 Å². The number of nitrogens with one attached hydrogen (secondary N) is 3. The molecule has 2 aromatic rings. The van der Waals surface area contributed by atoms with Crippen LogP contribution in [-0.2, 0) is 19.7 Å². The van der Waals surface area contributed by atoms with Crippen molar-refractivity contribution < 1.29 is 23.8 Å². The molecule has 43 heavy (non-hydrogen) atoms. The standard InChI is InChI=1S/C32H39Cl2FN4O4/c1-29(2)11-13-31(14-12-29)32(21-5-4-18(33)16-22(21)38-28(32)42)23(20-8-15-36-26(34)24(20)35)25(39-31)27(41)37-19-6-9-30(17-40,43-3)10-7-19/h4-5,8,15-16,19,23,25,39-40H,6-7,9-14,17H2,1-3H3,(H,37,41)(H,38,42)/t19?,23-,25+,30?,32+/m0/s1. The maximum atomic E-state index is 16.1. The second kappa shape index (κ2) is 10.9. The molecule has 3 atom stereocenters. The van der Waals surface area contributed by atoms with Crippen LogP contribution in [0.3, 0.4) is 0 Å². The molecular formula is C32H39Cl2FN4O4. The maximum Gasteiger partial charge on any atom is 0.238 e. The summed E-state index contributed by atoms with van der Waals surface area (Å²) in [5.41, 5.74) is -1.26. The first-order valence-corrected chi connectivity index (χ1v) is 15.8. The summed E-state index contributed by atoms with van der Waals surface area (Å²) in [5.74, 6) is -2.24. The Morgan fingerprint density at radius 3 is 2.49 bits per heavy atom.